The van der Waals surface area contributed by atoms with Crippen LogP contribution in [0.15, 0.2) is 18.2 Å². The number of nitrogens with one attached hydrogen (secondary N) is 1. The highest BCUT2D eigenvalue weighted by atomic mass is 16.2. The fourth-order valence-corrected chi connectivity index (χ4v) is 2.54. The second-order valence-electron chi connectivity index (χ2n) is 5.44. The van der Waals surface area contributed by atoms with Crippen LogP contribution in [0.3, 0.4) is 0 Å². The van der Waals surface area contributed by atoms with Gasteiger partial charge in [0.1, 0.15) is 0 Å². The second-order valence-corrected chi connectivity index (χ2v) is 5.44. The molecule has 0 saturated carbocycles. The Morgan fingerprint density at radius 3 is 3.00 bits per heavy atom. The van der Waals surface area contributed by atoms with Crippen molar-refractivity contribution in [3.8, 4) is 0 Å². The lowest BCUT2D eigenvalue weighted by molar-refractivity contribution is -0.118. The maximum atomic E-state index is 12.1. The molecule has 1 aliphatic rings. The summed E-state index contributed by atoms with van der Waals surface area (Å²) in [4.78, 5) is 14.3. The van der Waals surface area contributed by atoms with Gasteiger partial charge in [-0.3, -0.25) is 9.69 Å². The maximum Gasteiger partial charge on any atom is 0.238 e. The Morgan fingerprint density at radius 1 is 1.47 bits per heavy atom. The van der Waals surface area contributed by atoms with Crippen molar-refractivity contribution >= 4 is 17.3 Å². The number of rotatable bonds is 3. The van der Waals surface area contributed by atoms with E-state index in [0.29, 0.717) is 18.3 Å². The first kappa shape index (κ1) is 13.9. The Morgan fingerprint density at radius 2 is 2.26 bits per heavy atom. The van der Waals surface area contributed by atoms with Crippen molar-refractivity contribution in [2.24, 2.45) is 0 Å². The lowest BCUT2D eigenvalue weighted by Gasteiger charge is -2.32. The summed E-state index contributed by atoms with van der Waals surface area (Å²) < 4.78 is 0. The third-order valence-electron chi connectivity index (χ3n) is 3.82. The first-order valence-electron chi connectivity index (χ1n) is 6.96. The fraction of sp³-hybridized carbons (Fsp3) is 0.533. The molecule has 0 aliphatic carbocycles. The molecule has 0 aromatic heterocycles. The second kappa shape index (κ2) is 6.06. The van der Waals surface area contributed by atoms with E-state index in [-0.39, 0.29) is 5.91 Å². The molecular weight excluding hydrogens is 238 g/mol. The fourth-order valence-electron chi connectivity index (χ4n) is 2.54. The molecular formula is C15H23N3O. The summed E-state index contributed by atoms with van der Waals surface area (Å²) in [7, 11) is 0. The van der Waals surface area contributed by atoms with Gasteiger partial charge in [0, 0.05) is 17.4 Å². The monoisotopic (exact) mass is 261 g/mol. The third kappa shape index (κ3) is 3.70. The summed E-state index contributed by atoms with van der Waals surface area (Å²) in [5.41, 5.74) is 8.27. The number of hydrogen-bond acceptors (Lipinski definition) is 3. The smallest absolute Gasteiger partial charge is 0.238 e. The van der Waals surface area contributed by atoms with Gasteiger partial charge in [0.15, 0.2) is 0 Å². The predicted octanol–water partition coefficient (Wildman–Crippen LogP) is 2.39. The van der Waals surface area contributed by atoms with Gasteiger partial charge in [-0.25, -0.2) is 0 Å². The van der Waals surface area contributed by atoms with Crippen molar-refractivity contribution in [1.29, 1.82) is 0 Å². The van der Waals surface area contributed by atoms with Gasteiger partial charge in [-0.05, 0) is 50.9 Å². The van der Waals surface area contributed by atoms with Gasteiger partial charge in [-0.15, -0.1) is 0 Å². The Kier molecular flexibility index (Phi) is 4.43. The molecule has 1 aromatic rings. The number of piperidine rings is 1. The molecule has 1 aromatic carbocycles. The summed E-state index contributed by atoms with van der Waals surface area (Å²) in [6.07, 6.45) is 3.65. The summed E-state index contributed by atoms with van der Waals surface area (Å²) in [5.74, 6) is 0.0439. The number of benzene rings is 1. The van der Waals surface area contributed by atoms with Crippen LogP contribution in [-0.2, 0) is 4.79 Å². The molecule has 0 bridgehead atoms. The van der Waals surface area contributed by atoms with E-state index in [9.17, 15) is 4.79 Å². The molecule has 1 aliphatic heterocycles. The minimum atomic E-state index is 0.0439. The van der Waals surface area contributed by atoms with E-state index in [2.05, 4.69) is 17.1 Å². The molecule has 0 spiro atoms. The Bertz CT molecular complexity index is 459. The standard InChI is InChI=1S/C15H23N3O/c1-11-6-7-13(16)9-14(11)17-15(19)10-18-8-4-3-5-12(18)2/h6-7,9,12H,3-5,8,10,16H2,1-2H3,(H,17,19). The number of amides is 1. The zero-order valence-corrected chi connectivity index (χ0v) is 11.8. The van der Waals surface area contributed by atoms with E-state index in [1.165, 1.54) is 19.3 Å². The minimum absolute atomic E-state index is 0.0439. The Labute approximate surface area is 115 Å². The van der Waals surface area contributed by atoms with Crippen molar-refractivity contribution < 1.29 is 4.79 Å². The SMILES string of the molecule is Cc1ccc(N)cc1NC(=O)CN1CCCCC1C. The van der Waals surface area contributed by atoms with Crippen LogP contribution in [0.4, 0.5) is 11.4 Å². The van der Waals surface area contributed by atoms with Crippen molar-refractivity contribution in [3.63, 3.8) is 0 Å². The van der Waals surface area contributed by atoms with Crippen LogP contribution < -0.4 is 11.1 Å². The molecule has 1 amide bonds. The van der Waals surface area contributed by atoms with Gasteiger partial charge < -0.3 is 11.1 Å². The van der Waals surface area contributed by atoms with E-state index in [1.54, 1.807) is 0 Å². The molecule has 3 N–H and O–H groups in total. The average Bonchev–Trinajstić information content (AvgIpc) is 2.37. The van der Waals surface area contributed by atoms with Crippen LogP contribution >= 0.6 is 0 Å². The van der Waals surface area contributed by atoms with Crippen LogP contribution in [0.25, 0.3) is 0 Å². The van der Waals surface area contributed by atoms with Crippen LogP contribution in [0.5, 0.6) is 0 Å². The molecule has 4 heteroatoms. The van der Waals surface area contributed by atoms with Crippen molar-refractivity contribution in [2.45, 2.75) is 39.2 Å². The summed E-state index contributed by atoms with van der Waals surface area (Å²) >= 11 is 0. The van der Waals surface area contributed by atoms with Crippen LogP contribution in [0, 0.1) is 6.92 Å². The molecule has 2 rings (SSSR count). The predicted molar refractivity (Wildman–Crippen MR) is 79.1 cm³/mol. The van der Waals surface area contributed by atoms with Gasteiger partial charge in [0.25, 0.3) is 0 Å². The van der Waals surface area contributed by atoms with Gasteiger partial charge in [-0.1, -0.05) is 12.5 Å². The number of aryl methyl sites for hydroxylation is 1. The van der Waals surface area contributed by atoms with Crippen molar-refractivity contribution in [3.05, 3.63) is 23.8 Å². The van der Waals surface area contributed by atoms with Crippen LogP contribution in [-0.4, -0.2) is 29.9 Å². The van der Waals surface area contributed by atoms with Crippen molar-refractivity contribution in [2.75, 3.05) is 24.1 Å². The Hall–Kier alpha value is -1.55. The van der Waals surface area contributed by atoms with E-state index >= 15 is 0 Å². The number of nitrogens with two attached hydrogens (primary N) is 1. The molecule has 19 heavy (non-hydrogen) atoms. The summed E-state index contributed by atoms with van der Waals surface area (Å²) in [6.45, 7) is 5.65. The molecule has 0 radical (unpaired) electrons. The largest absolute Gasteiger partial charge is 0.399 e. The number of anilines is 2. The molecule has 104 valence electrons. The van der Waals surface area contributed by atoms with Gasteiger partial charge in [0.05, 0.1) is 6.54 Å². The normalized spacial score (nSPS) is 20.2. The highest BCUT2D eigenvalue weighted by Gasteiger charge is 2.20. The molecule has 1 fully saturated rings. The lowest BCUT2D eigenvalue weighted by Crippen LogP contribution is -2.42. The van der Waals surface area contributed by atoms with Gasteiger partial charge in [0.2, 0.25) is 5.91 Å². The number of carbonyl (C=O) groups excluding carboxylic acids is 1. The lowest BCUT2D eigenvalue weighted by atomic mass is 10.0. The summed E-state index contributed by atoms with van der Waals surface area (Å²) in [6, 6.07) is 6.08. The molecule has 1 atom stereocenters. The zero-order valence-electron chi connectivity index (χ0n) is 11.8. The number of carbonyl (C=O) groups is 1. The zero-order chi connectivity index (χ0) is 13.8. The molecule has 1 saturated heterocycles. The number of nitrogen functional groups attached to an aromatic ring is 1. The van der Waals surface area contributed by atoms with Crippen LogP contribution in [0.1, 0.15) is 31.7 Å². The van der Waals surface area contributed by atoms with E-state index in [0.717, 1.165) is 17.8 Å². The van der Waals surface area contributed by atoms with E-state index in [4.69, 9.17) is 5.73 Å². The van der Waals surface area contributed by atoms with Crippen molar-refractivity contribution in [1.82, 2.24) is 4.90 Å². The first-order valence-corrected chi connectivity index (χ1v) is 6.96. The van der Waals surface area contributed by atoms with Crippen LogP contribution in [0.2, 0.25) is 0 Å². The number of likely N-dealkylation sites (tertiary alicyclic amines) is 1. The third-order valence-corrected chi connectivity index (χ3v) is 3.82. The van der Waals surface area contributed by atoms with Gasteiger partial charge >= 0.3 is 0 Å². The topological polar surface area (TPSA) is 58.4 Å². The van der Waals surface area contributed by atoms with E-state index < -0.39 is 0 Å². The highest BCUT2D eigenvalue weighted by Crippen LogP contribution is 2.19. The van der Waals surface area contributed by atoms with E-state index in [1.807, 2.05) is 25.1 Å². The quantitative estimate of drug-likeness (QED) is 0.821. The average molecular weight is 261 g/mol. The Balaban J connectivity index is 1.95. The van der Waals surface area contributed by atoms with Gasteiger partial charge in [-0.2, -0.15) is 0 Å². The summed E-state index contributed by atoms with van der Waals surface area (Å²) in [5, 5.41) is 2.96. The molecule has 1 unspecified atom stereocenters. The number of hydrogen-bond donors (Lipinski definition) is 2. The highest BCUT2D eigenvalue weighted by molar-refractivity contribution is 5.93. The molecule has 1 heterocycles. The molecule has 4 nitrogen and oxygen atoms in total. The number of nitrogens with zero attached hydrogens (tertiary/aromatic N) is 1. The minimum Gasteiger partial charge on any atom is -0.399 e. The maximum absolute atomic E-state index is 12.1. The first-order chi connectivity index (χ1) is 9.06.